The van der Waals surface area contributed by atoms with Gasteiger partial charge in [-0.2, -0.15) is 26.3 Å². The van der Waals surface area contributed by atoms with E-state index in [0.29, 0.717) is 19.8 Å². The Morgan fingerprint density at radius 2 is 1.61 bits per heavy atom. The number of aliphatic carboxylic acids is 2. The second-order valence-electron chi connectivity index (χ2n) is 10.1. The number of nitrogens with zero attached hydrogens (tertiary/aromatic N) is 4. The Morgan fingerprint density at radius 3 is 2.07 bits per heavy atom. The molecule has 5 rings (SSSR count). The predicted octanol–water partition coefficient (Wildman–Crippen LogP) is 2.18. The van der Waals surface area contributed by atoms with E-state index in [1.165, 1.54) is 12.8 Å². The van der Waals surface area contributed by atoms with E-state index in [4.69, 9.17) is 29.4 Å². The van der Waals surface area contributed by atoms with Crippen LogP contribution in [0.1, 0.15) is 25.0 Å². The van der Waals surface area contributed by atoms with Gasteiger partial charge in [-0.25, -0.2) is 14.7 Å². The van der Waals surface area contributed by atoms with E-state index in [1.54, 1.807) is 5.06 Å². The fourth-order valence-electron chi connectivity index (χ4n) is 4.52. The minimum absolute atomic E-state index is 0.0765. The summed E-state index contributed by atoms with van der Waals surface area (Å²) < 4.78 is 69.8. The summed E-state index contributed by atoms with van der Waals surface area (Å²) in [5, 5.41) is 15.8. The van der Waals surface area contributed by atoms with Gasteiger partial charge in [0.05, 0.1) is 25.5 Å². The number of halogens is 6. The number of ether oxygens (including phenoxy) is 1. The fourth-order valence-corrected chi connectivity index (χ4v) is 4.52. The maximum atomic E-state index is 12.9. The minimum Gasteiger partial charge on any atom is -0.475 e. The number of carboxylic acids is 2. The van der Waals surface area contributed by atoms with Crippen molar-refractivity contribution in [1.29, 1.82) is 0 Å². The number of hydrogen-bond acceptors (Lipinski definition) is 8. The maximum Gasteiger partial charge on any atom is 0.490 e. The number of morpholine rings is 1. The normalized spacial score (nSPS) is 22.6. The molecule has 17 heteroatoms. The van der Waals surface area contributed by atoms with Gasteiger partial charge in [-0.15, -0.1) is 0 Å². The van der Waals surface area contributed by atoms with Crippen LogP contribution < -0.4 is 0 Å². The van der Waals surface area contributed by atoms with Crippen LogP contribution in [0.5, 0.6) is 0 Å². The van der Waals surface area contributed by atoms with Gasteiger partial charge in [-0.05, 0) is 37.3 Å². The van der Waals surface area contributed by atoms with Crippen molar-refractivity contribution in [2.24, 2.45) is 5.92 Å². The van der Waals surface area contributed by atoms with E-state index in [1.807, 2.05) is 18.3 Å². The number of hydroxylamine groups is 2. The molecule has 4 aliphatic rings. The van der Waals surface area contributed by atoms with Gasteiger partial charge in [-0.3, -0.25) is 24.4 Å². The van der Waals surface area contributed by atoms with Gasteiger partial charge in [0.1, 0.15) is 11.6 Å². The molecule has 1 aromatic heterocycles. The molecule has 1 aromatic rings. The molecule has 0 radical (unpaired) electrons. The molecular formula is C24H30F6N4O7. The first kappa shape index (κ1) is 32.5. The summed E-state index contributed by atoms with van der Waals surface area (Å²) in [5.41, 5.74) is 0.962. The Morgan fingerprint density at radius 1 is 1.00 bits per heavy atom. The van der Waals surface area contributed by atoms with Crippen molar-refractivity contribution in [1.82, 2.24) is 19.8 Å². The number of aromatic nitrogens is 1. The van der Waals surface area contributed by atoms with Crippen LogP contribution >= 0.6 is 0 Å². The van der Waals surface area contributed by atoms with Gasteiger partial charge >= 0.3 is 24.3 Å². The summed E-state index contributed by atoms with van der Waals surface area (Å²) in [6.45, 7) is 6.35. The van der Waals surface area contributed by atoms with E-state index in [2.05, 4.69) is 20.9 Å². The van der Waals surface area contributed by atoms with Crippen LogP contribution in [-0.2, 0) is 30.5 Å². The van der Waals surface area contributed by atoms with Gasteiger partial charge < -0.3 is 14.9 Å². The zero-order valence-electron chi connectivity index (χ0n) is 21.7. The van der Waals surface area contributed by atoms with E-state index in [0.717, 1.165) is 50.8 Å². The third kappa shape index (κ3) is 9.79. The predicted molar refractivity (Wildman–Crippen MR) is 126 cm³/mol. The van der Waals surface area contributed by atoms with Crippen molar-refractivity contribution in [2.45, 2.75) is 49.8 Å². The Balaban J connectivity index is 0.000000276. The number of amides is 1. The first-order valence-corrected chi connectivity index (χ1v) is 12.6. The zero-order chi connectivity index (χ0) is 30.4. The maximum absolute atomic E-state index is 12.9. The fraction of sp³-hybridized carbons (Fsp3) is 0.667. The van der Waals surface area contributed by atoms with E-state index >= 15 is 0 Å². The van der Waals surface area contributed by atoms with Crippen LogP contribution in [0.4, 0.5) is 26.3 Å². The summed E-state index contributed by atoms with van der Waals surface area (Å²) in [6.07, 6.45) is -4.82. The molecule has 2 N–H and O–H groups in total. The summed E-state index contributed by atoms with van der Waals surface area (Å²) in [5.74, 6) is -4.69. The topological polar surface area (TPSA) is 133 Å². The van der Waals surface area contributed by atoms with Gasteiger partial charge in [-0.1, -0.05) is 6.07 Å². The number of carboxylic acid groups (broad SMARTS) is 2. The highest BCUT2D eigenvalue weighted by Crippen LogP contribution is 2.36. The van der Waals surface area contributed by atoms with Crippen LogP contribution in [0.15, 0.2) is 24.4 Å². The molecule has 1 amide bonds. The molecule has 4 fully saturated rings. The summed E-state index contributed by atoms with van der Waals surface area (Å²) >= 11 is 0. The van der Waals surface area contributed by atoms with Crippen molar-refractivity contribution in [2.75, 3.05) is 45.9 Å². The molecular weight excluding hydrogens is 570 g/mol. The molecule has 3 aliphatic heterocycles. The van der Waals surface area contributed by atoms with Gasteiger partial charge in [0, 0.05) is 38.9 Å². The Labute approximate surface area is 230 Å². The highest BCUT2D eigenvalue weighted by molar-refractivity contribution is 5.81. The number of pyridine rings is 1. The minimum atomic E-state index is -5.08. The van der Waals surface area contributed by atoms with Crippen molar-refractivity contribution in [3.8, 4) is 0 Å². The number of rotatable bonds is 5. The molecule has 11 nitrogen and oxygen atoms in total. The van der Waals surface area contributed by atoms with E-state index in [9.17, 15) is 31.1 Å². The molecule has 3 saturated heterocycles. The Hall–Kier alpha value is -3.02. The molecule has 0 bridgehead atoms. The number of carbonyl (C=O) groups excluding carboxylic acids is 1. The number of hydrogen-bond donors (Lipinski definition) is 2. The lowest BCUT2D eigenvalue weighted by Gasteiger charge is -2.55. The van der Waals surface area contributed by atoms with Crippen LogP contribution in [0, 0.1) is 5.92 Å². The number of carbonyl (C=O) groups is 3. The van der Waals surface area contributed by atoms with Crippen molar-refractivity contribution >= 4 is 17.8 Å². The average Bonchev–Trinajstić information content (AvgIpc) is 3.51. The lowest BCUT2D eigenvalue weighted by molar-refractivity contribution is -0.216. The molecule has 1 aliphatic carbocycles. The molecule has 0 aromatic carbocycles. The van der Waals surface area contributed by atoms with Crippen LogP contribution in [0.2, 0.25) is 0 Å². The molecule has 1 atom stereocenters. The van der Waals surface area contributed by atoms with E-state index < -0.39 is 24.3 Å². The number of alkyl halides is 6. The third-order valence-corrected chi connectivity index (χ3v) is 6.57. The standard InChI is InChI=1S/C20H28N4O3.2C2HF3O2/c25-19(24-8-3-9-27-24)18-12-26-20(15-23(18)10-16-5-6-16)13-22(14-20)11-17-4-1-2-7-21-17;2*3-2(4,5)1(6)7/h1-2,4,7,16,18H,3,5-6,8-15H2;2*(H,6,7). The van der Waals surface area contributed by atoms with Crippen LogP contribution in [0.25, 0.3) is 0 Å². The highest BCUT2D eigenvalue weighted by atomic mass is 19.4. The first-order valence-electron chi connectivity index (χ1n) is 12.6. The monoisotopic (exact) mass is 600 g/mol. The molecule has 4 heterocycles. The quantitative estimate of drug-likeness (QED) is 0.485. The van der Waals surface area contributed by atoms with Gasteiger partial charge in [0.25, 0.3) is 5.91 Å². The van der Waals surface area contributed by atoms with Crippen molar-refractivity contribution in [3.05, 3.63) is 30.1 Å². The Kier molecular flexibility index (Phi) is 10.5. The van der Waals surface area contributed by atoms with Crippen LogP contribution in [-0.4, -0.2) is 118 Å². The molecule has 1 spiro atoms. The summed E-state index contributed by atoms with van der Waals surface area (Å²) in [7, 11) is 0. The van der Waals surface area contributed by atoms with Crippen molar-refractivity contribution < 1.29 is 60.5 Å². The zero-order valence-corrected chi connectivity index (χ0v) is 21.7. The second kappa shape index (κ2) is 13.3. The SMILES string of the molecule is O=C(C1COC2(CN(Cc3ccccn3)C2)CN1CC1CC1)N1CCCO1.O=C(O)C(F)(F)F.O=C(O)C(F)(F)F. The van der Waals surface area contributed by atoms with E-state index in [-0.39, 0.29) is 17.6 Å². The molecule has 1 saturated carbocycles. The average molecular weight is 601 g/mol. The third-order valence-electron chi connectivity index (χ3n) is 6.57. The molecule has 230 valence electrons. The lowest BCUT2D eigenvalue weighted by Crippen LogP contribution is -2.72. The molecule has 41 heavy (non-hydrogen) atoms. The summed E-state index contributed by atoms with van der Waals surface area (Å²) in [6, 6.07) is 5.85. The second-order valence-corrected chi connectivity index (χ2v) is 10.1. The van der Waals surface area contributed by atoms with Gasteiger partial charge in [0.2, 0.25) is 0 Å². The summed E-state index contributed by atoms with van der Waals surface area (Å²) in [4.78, 5) is 45.4. The smallest absolute Gasteiger partial charge is 0.475 e. The van der Waals surface area contributed by atoms with Crippen molar-refractivity contribution in [3.63, 3.8) is 0 Å². The van der Waals surface area contributed by atoms with Crippen LogP contribution in [0.3, 0.4) is 0 Å². The lowest BCUT2D eigenvalue weighted by atomic mass is 9.90. The number of likely N-dealkylation sites (tertiary alicyclic amines) is 1. The highest BCUT2D eigenvalue weighted by Gasteiger charge is 2.52. The molecule has 1 unspecified atom stereocenters. The van der Waals surface area contributed by atoms with Gasteiger partial charge in [0.15, 0.2) is 0 Å². The first-order chi connectivity index (χ1) is 19.1. The largest absolute Gasteiger partial charge is 0.490 e. The Bertz CT molecular complexity index is 1020.